The molecule has 29 heavy (non-hydrogen) atoms. The second-order valence-electron chi connectivity index (χ2n) is 6.62. The Bertz CT molecular complexity index is 965. The molecule has 8 heteroatoms. The molecule has 150 valence electrons. The van der Waals surface area contributed by atoms with Gasteiger partial charge in [-0.2, -0.15) is 5.26 Å². The zero-order valence-electron chi connectivity index (χ0n) is 16.6. The van der Waals surface area contributed by atoms with Gasteiger partial charge in [-0.3, -0.25) is 9.69 Å². The molecule has 1 aromatic carbocycles. The first-order chi connectivity index (χ1) is 14.0. The molecule has 3 rings (SSSR count). The molecule has 0 atom stereocenters. The summed E-state index contributed by atoms with van der Waals surface area (Å²) in [6, 6.07) is 10.7. The third kappa shape index (κ3) is 4.69. The summed E-state index contributed by atoms with van der Waals surface area (Å²) in [5, 5.41) is 13.0. The molecule has 0 bridgehead atoms. The first kappa shape index (κ1) is 20.7. The monoisotopic (exact) mass is 410 g/mol. The van der Waals surface area contributed by atoms with Crippen LogP contribution in [0.4, 0.5) is 16.2 Å². The molecule has 1 aliphatic rings. The number of nitrogens with zero attached hydrogens (tertiary/aromatic N) is 3. The van der Waals surface area contributed by atoms with Gasteiger partial charge in [0, 0.05) is 30.0 Å². The minimum absolute atomic E-state index is 0.290. The summed E-state index contributed by atoms with van der Waals surface area (Å²) in [4.78, 5) is 30.6. The zero-order valence-corrected chi connectivity index (χ0v) is 17.4. The van der Waals surface area contributed by atoms with Crippen LogP contribution in [-0.4, -0.2) is 36.9 Å². The van der Waals surface area contributed by atoms with Crippen molar-refractivity contribution in [2.24, 2.45) is 0 Å². The largest absolute Gasteiger partial charge is 0.449 e. The van der Waals surface area contributed by atoms with Crippen LogP contribution in [0.5, 0.6) is 0 Å². The van der Waals surface area contributed by atoms with Crippen LogP contribution in [-0.2, 0) is 4.74 Å². The van der Waals surface area contributed by atoms with E-state index < -0.39 is 6.09 Å². The average Bonchev–Trinajstić information content (AvgIpc) is 3.58. The first-order valence-corrected chi connectivity index (χ1v) is 10.5. The van der Waals surface area contributed by atoms with Crippen molar-refractivity contribution in [1.29, 1.82) is 5.26 Å². The van der Waals surface area contributed by atoms with Crippen molar-refractivity contribution in [2.45, 2.75) is 30.7 Å². The highest BCUT2D eigenvalue weighted by atomic mass is 32.2. The molecular formula is C21H22N4O3S. The fourth-order valence-corrected chi connectivity index (χ4v) is 3.41. The molecule has 7 nitrogen and oxygen atoms in total. The number of nitriles is 1. The SMILES string of the molecule is CCOC(=O)N(C)c1ccc(NC(=O)c2cc(C3CC3)nc(SC)c2C#N)cc1. The summed E-state index contributed by atoms with van der Waals surface area (Å²) in [5.41, 5.74) is 2.70. The molecule has 1 aromatic heterocycles. The van der Waals surface area contributed by atoms with Crippen LogP contribution in [0, 0.1) is 11.3 Å². The number of pyridine rings is 1. The Hall–Kier alpha value is -3.05. The standard InChI is InChI=1S/C21H22N4O3S/c1-4-28-21(27)25(2)15-9-7-14(8-10-15)23-19(26)16-11-18(13-5-6-13)24-20(29-3)17(16)12-22/h7-11,13H,4-6H2,1-3H3,(H,23,26). The van der Waals surface area contributed by atoms with Crippen molar-refractivity contribution in [3.8, 4) is 6.07 Å². The summed E-state index contributed by atoms with van der Waals surface area (Å²) in [6.45, 7) is 2.04. The van der Waals surface area contributed by atoms with Crippen molar-refractivity contribution in [3.63, 3.8) is 0 Å². The van der Waals surface area contributed by atoms with Gasteiger partial charge in [-0.15, -0.1) is 11.8 Å². The molecule has 0 saturated heterocycles. The molecule has 0 radical (unpaired) electrons. The molecule has 0 aliphatic heterocycles. The second kappa shape index (κ2) is 8.97. The Morgan fingerprint density at radius 1 is 1.34 bits per heavy atom. The number of thioether (sulfide) groups is 1. The summed E-state index contributed by atoms with van der Waals surface area (Å²) < 4.78 is 4.97. The fraction of sp³-hybridized carbons (Fsp3) is 0.333. The Balaban J connectivity index is 1.81. The van der Waals surface area contributed by atoms with Gasteiger partial charge in [-0.05, 0) is 56.4 Å². The van der Waals surface area contributed by atoms with Crippen molar-refractivity contribution in [3.05, 3.63) is 47.2 Å². The number of anilines is 2. The lowest BCUT2D eigenvalue weighted by Crippen LogP contribution is -2.26. The average molecular weight is 410 g/mol. The smallest absolute Gasteiger partial charge is 0.413 e. The van der Waals surface area contributed by atoms with Crippen molar-refractivity contribution in [1.82, 2.24) is 4.98 Å². The van der Waals surface area contributed by atoms with E-state index in [9.17, 15) is 14.9 Å². The van der Waals surface area contributed by atoms with E-state index in [1.165, 1.54) is 16.7 Å². The van der Waals surface area contributed by atoms with Gasteiger partial charge >= 0.3 is 6.09 Å². The van der Waals surface area contributed by atoms with Crippen LogP contribution in [0.3, 0.4) is 0 Å². The van der Waals surface area contributed by atoms with E-state index in [2.05, 4.69) is 16.4 Å². The molecule has 0 unspecified atom stereocenters. The maximum atomic E-state index is 12.9. The molecule has 1 N–H and O–H groups in total. The van der Waals surface area contributed by atoms with E-state index >= 15 is 0 Å². The van der Waals surface area contributed by atoms with Crippen LogP contribution in [0.1, 0.15) is 47.3 Å². The predicted molar refractivity (Wildman–Crippen MR) is 113 cm³/mol. The van der Waals surface area contributed by atoms with Crippen LogP contribution in [0.25, 0.3) is 0 Å². The highest BCUT2D eigenvalue weighted by Crippen LogP contribution is 2.40. The Labute approximate surface area is 174 Å². The number of ether oxygens (including phenoxy) is 1. The van der Waals surface area contributed by atoms with E-state index in [1.807, 2.05) is 6.26 Å². The number of hydrogen-bond donors (Lipinski definition) is 1. The highest BCUT2D eigenvalue weighted by molar-refractivity contribution is 7.98. The lowest BCUT2D eigenvalue weighted by Gasteiger charge is -2.17. The molecular weight excluding hydrogens is 388 g/mol. The minimum Gasteiger partial charge on any atom is -0.449 e. The Morgan fingerprint density at radius 2 is 2.03 bits per heavy atom. The van der Waals surface area contributed by atoms with E-state index in [4.69, 9.17) is 4.74 Å². The van der Waals surface area contributed by atoms with Crippen molar-refractivity contribution < 1.29 is 14.3 Å². The number of nitrogens with one attached hydrogen (secondary N) is 1. The molecule has 2 aromatic rings. The zero-order chi connectivity index (χ0) is 21.0. The molecule has 1 aliphatic carbocycles. The molecule has 0 spiro atoms. The van der Waals surface area contributed by atoms with Crippen LogP contribution in [0.15, 0.2) is 35.4 Å². The lowest BCUT2D eigenvalue weighted by atomic mass is 10.1. The van der Waals surface area contributed by atoms with Gasteiger partial charge in [-0.1, -0.05) is 0 Å². The van der Waals surface area contributed by atoms with Gasteiger partial charge in [0.05, 0.1) is 17.7 Å². The topological polar surface area (TPSA) is 95.3 Å². The van der Waals surface area contributed by atoms with Crippen LogP contribution < -0.4 is 10.2 Å². The molecule has 1 heterocycles. The van der Waals surface area contributed by atoms with Crippen molar-refractivity contribution >= 4 is 35.1 Å². The van der Waals surface area contributed by atoms with E-state index in [0.717, 1.165) is 18.5 Å². The molecule has 2 amide bonds. The second-order valence-corrected chi connectivity index (χ2v) is 7.42. The van der Waals surface area contributed by atoms with Gasteiger partial charge in [0.1, 0.15) is 11.1 Å². The van der Waals surface area contributed by atoms with Gasteiger partial charge < -0.3 is 10.1 Å². The number of hydrogen-bond acceptors (Lipinski definition) is 6. The van der Waals surface area contributed by atoms with Crippen molar-refractivity contribution in [2.75, 3.05) is 30.1 Å². The summed E-state index contributed by atoms with van der Waals surface area (Å²) in [6.07, 6.45) is 3.52. The maximum absolute atomic E-state index is 12.9. The van der Waals surface area contributed by atoms with E-state index in [0.29, 0.717) is 34.5 Å². The van der Waals surface area contributed by atoms with Gasteiger partial charge in [-0.25, -0.2) is 9.78 Å². The maximum Gasteiger partial charge on any atom is 0.413 e. The Morgan fingerprint density at radius 3 is 2.59 bits per heavy atom. The molecule has 1 fully saturated rings. The van der Waals surface area contributed by atoms with Gasteiger partial charge in [0.25, 0.3) is 5.91 Å². The van der Waals surface area contributed by atoms with E-state index in [1.54, 1.807) is 44.3 Å². The first-order valence-electron chi connectivity index (χ1n) is 9.29. The van der Waals surface area contributed by atoms with Crippen LogP contribution in [0.2, 0.25) is 0 Å². The normalized spacial score (nSPS) is 12.8. The van der Waals surface area contributed by atoms with E-state index in [-0.39, 0.29) is 11.5 Å². The summed E-state index contributed by atoms with van der Waals surface area (Å²) in [7, 11) is 1.62. The summed E-state index contributed by atoms with van der Waals surface area (Å²) >= 11 is 1.37. The van der Waals surface area contributed by atoms with Gasteiger partial charge in [0.2, 0.25) is 0 Å². The third-order valence-electron chi connectivity index (χ3n) is 4.61. The number of benzene rings is 1. The fourth-order valence-electron chi connectivity index (χ4n) is 2.86. The van der Waals surface area contributed by atoms with Gasteiger partial charge in [0.15, 0.2) is 0 Å². The van der Waals surface area contributed by atoms with Crippen LogP contribution >= 0.6 is 11.8 Å². The number of amides is 2. The number of carbonyl (C=O) groups excluding carboxylic acids is 2. The lowest BCUT2D eigenvalue weighted by molar-refractivity contribution is 0.102. The highest BCUT2D eigenvalue weighted by Gasteiger charge is 2.28. The minimum atomic E-state index is -0.447. The Kier molecular flexibility index (Phi) is 6.39. The third-order valence-corrected chi connectivity index (χ3v) is 5.29. The number of rotatable bonds is 6. The molecule has 1 saturated carbocycles. The quantitative estimate of drug-likeness (QED) is 0.709. The summed E-state index contributed by atoms with van der Waals surface area (Å²) in [5.74, 6) is 0.0190. The number of carbonyl (C=O) groups is 2. The predicted octanol–water partition coefficient (Wildman–Crippen LogP) is 4.40. The number of aromatic nitrogens is 1.